The van der Waals surface area contributed by atoms with Crippen LogP contribution in [0.5, 0.6) is 11.5 Å². The molecule has 21 heavy (non-hydrogen) atoms. The highest BCUT2D eigenvalue weighted by atomic mass is 16.6. The summed E-state index contributed by atoms with van der Waals surface area (Å²) < 4.78 is 11.2. The minimum Gasteiger partial charge on any atom is -0.486 e. The first kappa shape index (κ1) is 15.2. The third kappa shape index (κ3) is 4.11. The van der Waals surface area contributed by atoms with Crippen LogP contribution in [-0.2, 0) is 9.59 Å². The van der Waals surface area contributed by atoms with E-state index in [9.17, 15) is 9.59 Å². The van der Waals surface area contributed by atoms with Gasteiger partial charge >= 0.3 is 11.8 Å². The summed E-state index contributed by atoms with van der Waals surface area (Å²) in [5.74, 6) is 0.0564. The normalized spacial score (nSPS) is 17.7. The Hall–Kier alpha value is -2.24. The lowest BCUT2D eigenvalue weighted by Crippen LogP contribution is -2.47. The van der Waals surface area contributed by atoms with Crippen molar-refractivity contribution in [3.05, 3.63) is 24.3 Å². The number of benzene rings is 1. The van der Waals surface area contributed by atoms with Gasteiger partial charge in [0.15, 0.2) is 11.5 Å². The Morgan fingerprint density at radius 3 is 2.71 bits per heavy atom. The molecule has 0 saturated carbocycles. The first-order chi connectivity index (χ1) is 10.1. The van der Waals surface area contributed by atoms with Crippen molar-refractivity contribution in [3.8, 4) is 11.5 Å². The minimum atomic E-state index is -0.655. The zero-order valence-corrected chi connectivity index (χ0v) is 12.2. The molecule has 2 atom stereocenters. The Kier molecular flexibility index (Phi) is 5.03. The summed E-state index contributed by atoms with van der Waals surface area (Å²) in [6, 6.07) is 7.32. The molecule has 0 aromatic heterocycles. The van der Waals surface area contributed by atoms with Crippen LogP contribution in [-0.4, -0.2) is 37.1 Å². The Bertz CT molecular complexity index is 518. The van der Waals surface area contributed by atoms with E-state index in [2.05, 4.69) is 10.6 Å². The number of fused-ring (bicyclic) bond motifs is 1. The lowest BCUT2D eigenvalue weighted by atomic mass is 10.2. The highest BCUT2D eigenvalue weighted by Gasteiger charge is 2.22. The molecule has 6 nitrogen and oxygen atoms in total. The molecule has 2 unspecified atom stereocenters. The van der Waals surface area contributed by atoms with E-state index in [4.69, 9.17) is 9.47 Å². The van der Waals surface area contributed by atoms with Crippen molar-refractivity contribution in [2.45, 2.75) is 32.4 Å². The summed E-state index contributed by atoms with van der Waals surface area (Å²) in [7, 11) is 0. The Labute approximate surface area is 123 Å². The van der Waals surface area contributed by atoms with Gasteiger partial charge in [-0.1, -0.05) is 19.1 Å². The summed E-state index contributed by atoms with van der Waals surface area (Å²) in [5.41, 5.74) is 0. The molecule has 0 spiro atoms. The minimum absolute atomic E-state index is 0.0237. The van der Waals surface area contributed by atoms with E-state index in [1.54, 1.807) is 6.07 Å². The lowest BCUT2D eigenvalue weighted by Gasteiger charge is -2.26. The van der Waals surface area contributed by atoms with Gasteiger partial charge in [0, 0.05) is 6.04 Å². The van der Waals surface area contributed by atoms with E-state index < -0.39 is 11.8 Å². The molecule has 0 radical (unpaired) electrons. The zero-order valence-electron chi connectivity index (χ0n) is 12.2. The average Bonchev–Trinajstić information content (AvgIpc) is 2.52. The van der Waals surface area contributed by atoms with Crippen LogP contribution in [0.2, 0.25) is 0 Å². The number of rotatable bonds is 4. The van der Waals surface area contributed by atoms with Gasteiger partial charge < -0.3 is 20.1 Å². The molecule has 0 aliphatic carbocycles. The maximum absolute atomic E-state index is 11.7. The maximum Gasteiger partial charge on any atom is 0.309 e. The first-order valence-corrected chi connectivity index (χ1v) is 7.07. The van der Waals surface area contributed by atoms with Crippen LogP contribution in [0.4, 0.5) is 0 Å². The van der Waals surface area contributed by atoms with Gasteiger partial charge in [-0.05, 0) is 25.5 Å². The number of carbonyl (C=O) groups excluding carboxylic acids is 2. The number of carbonyl (C=O) groups is 2. The molecule has 1 heterocycles. The summed E-state index contributed by atoms with van der Waals surface area (Å²) in [6.45, 7) is 4.35. The van der Waals surface area contributed by atoms with Gasteiger partial charge in [0.1, 0.15) is 12.7 Å². The molecule has 2 N–H and O–H groups in total. The summed E-state index contributed by atoms with van der Waals surface area (Å²) >= 11 is 0. The van der Waals surface area contributed by atoms with E-state index in [1.807, 2.05) is 32.0 Å². The molecule has 1 aliphatic rings. The number of para-hydroxylation sites is 2. The highest BCUT2D eigenvalue weighted by molar-refractivity contribution is 6.35. The molecule has 1 aromatic rings. The third-order valence-corrected chi connectivity index (χ3v) is 3.25. The van der Waals surface area contributed by atoms with Crippen molar-refractivity contribution >= 4 is 11.8 Å². The summed E-state index contributed by atoms with van der Waals surface area (Å²) in [5, 5.41) is 5.17. The smallest absolute Gasteiger partial charge is 0.309 e. The quantitative estimate of drug-likeness (QED) is 0.807. The van der Waals surface area contributed by atoms with Crippen molar-refractivity contribution in [1.82, 2.24) is 10.6 Å². The SMILES string of the molecule is CCC(C)NC(=O)C(=O)NCC1COc2ccccc2O1. The number of nitrogens with one attached hydrogen (secondary N) is 2. The van der Waals surface area contributed by atoms with Gasteiger partial charge in [0.25, 0.3) is 0 Å². The second-order valence-electron chi connectivity index (χ2n) is 4.99. The van der Waals surface area contributed by atoms with Crippen molar-refractivity contribution in [3.63, 3.8) is 0 Å². The summed E-state index contributed by atoms with van der Waals surface area (Å²) in [6.07, 6.45) is 0.468. The van der Waals surface area contributed by atoms with Crippen LogP contribution >= 0.6 is 0 Å². The molecule has 1 aromatic carbocycles. The van der Waals surface area contributed by atoms with Gasteiger partial charge in [0.05, 0.1) is 6.54 Å². The predicted molar refractivity (Wildman–Crippen MR) is 77.3 cm³/mol. The fourth-order valence-corrected chi connectivity index (χ4v) is 1.84. The predicted octanol–water partition coefficient (Wildman–Crippen LogP) is 0.857. The molecular weight excluding hydrogens is 272 g/mol. The van der Waals surface area contributed by atoms with Crippen LogP contribution in [0.3, 0.4) is 0 Å². The van der Waals surface area contributed by atoms with E-state index in [0.29, 0.717) is 18.1 Å². The van der Waals surface area contributed by atoms with Crippen molar-refractivity contribution in [2.24, 2.45) is 0 Å². The molecule has 6 heteroatoms. The van der Waals surface area contributed by atoms with Crippen molar-refractivity contribution < 1.29 is 19.1 Å². The lowest BCUT2D eigenvalue weighted by molar-refractivity contribution is -0.139. The fourth-order valence-electron chi connectivity index (χ4n) is 1.84. The largest absolute Gasteiger partial charge is 0.486 e. The second kappa shape index (κ2) is 6.97. The monoisotopic (exact) mass is 292 g/mol. The van der Waals surface area contributed by atoms with E-state index >= 15 is 0 Å². The Morgan fingerprint density at radius 1 is 1.29 bits per heavy atom. The molecule has 114 valence electrons. The topological polar surface area (TPSA) is 76.7 Å². The Balaban J connectivity index is 1.79. The maximum atomic E-state index is 11.7. The number of hydrogen-bond donors (Lipinski definition) is 2. The second-order valence-corrected chi connectivity index (χ2v) is 4.99. The van der Waals surface area contributed by atoms with Gasteiger partial charge in [-0.15, -0.1) is 0 Å². The molecule has 2 amide bonds. The molecule has 0 bridgehead atoms. The zero-order chi connectivity index (χ0) is 15.2. The summed E-state index contributed by atoms with van der Waals surface area (Å²) in [4.78, 5) is 23.3. The Morgan fingerprint density at radius 2 is 2.00 bits per heavy atom. The van der Waals surface area contributed by atoms with Crippen LogP contribution in [0, 0.1) is 0 Å². The van der Waals surface area contributed by atoms with Crippen LogP contribution in [0.25, 0.3) is 0 Å². The first-order valence-electron chi connectivity index (χ1n) is 7.07. The van der Waals surface area contributed by atoms with Crippen molar-refractivity contribution in [1.29, 1.82) is 0 Å². The van der Waals surface area contributed by atoms with Crippen molar-refractivity contribution in [2.75, 3.05) is 13.2 Å². The van der Waals surface area contributed by atoms with Gasteiger partial charge in [0.2, 0.25) is 0 Å². The van der Waals surface area contributed by atoms with Crippen LogP contribution in [0.1, 0.15) is 20.3 Å². The van der Waals surface area contributed by atoms with E-state index in [-0.39, 0.29) is 18.7 Å². The van der Waals surface area contributed by atoms with Gasteiger partial charge in [-0.3, -0.25) is 9.59 Å². The van der Waals surface area contributed by atoms with Crippen LogP contribution in [0.15, 0.2) is 24.3 Å². The fraction of sp³-hybridized carbons (Fsp3) is 0.467. The number of hydrogen-bond acceptors (Lipinski definition) is 4. The standard InChI is InChI=1S/C15H20N2O4/c1-3-10(2)17-15(19)14(18)16-8-11-9-20-12-6-4-5-7-13(12)21-11/h4-7,10-11H,3,8-9H2,1-2H3,(H,16,18)(H,17,19). The third-order valence-electron chi connectivity index (χ3n) is 3.25. The highest BCUT2D eigenvalue weighted by Crippen LogP contribution is 2.30. The number of amides is 2. The van der Waals surface area contributed by atoms with E-state index in [0.717, 1.165) is 6.42 Å². The van der Waals surface area contributed by atoms with Gasteiger partial charge in [-0.25, -0.2) is 0 Å². The number of ether oxygens (including phenoxy) is 2. The van der Waals surface area contributed by atoms with E-state index in [1.165, 1.54) is 0 Å². The molecule has 0 saturated heterocycles. The molecule has 0 fully saturated rings. The average molecular weight is 292 g/mol. The molecule has 2 rings (SSSR count). The molecule has 1 aliphatic heterocycles. The molecular formula is C15H20N2O4. The van der Waals surface area contributed by atoms with Crippen LogP contribution < -0.4 is 20.1 Å². The van der Waals surface area contributed by atoms with Gasteiger partial charge in [-0.2, -0.15) is 0 Å².